The molecule has 10 heteroatoms. The van der Waals surface area contributed by atoms with E-state index in [2.05, 4.69) is 20.8 Å². The number of amides is 2. The van der Waals surface area contributed by atoms with Crippen LogP contribution in [-0.2, 0) is 20.9 Å². The zero-order chi connectivity index (χ0) is 21.0. The first-order valence-corrected chi connectivity index (χ1v) is 8.71. The number of anilines is 2. The van der Waals surface area contributed by atoms with Gasteiger partial charge in [-0.1, -0.05) is 0 Å². The minimum absolute atomic E-state index is 0.107. The number of benzene rings is 1. The molecule has 2 aliphatic rings. The van der Waals surface area contributed by atoms with E-state index in [0.29, 0.717) is 11.4 Å². The summed E-state index contributed by atoms with van der Waals surface area (Å²) in [5.41, 5.74) is 1.38. The Morgan fingerprint density at radius 3 is 2.38 bits per heavy atom. The number of fused-ring (bicyclic) bond motifs is 1. The first-order valence-electron chi connectivity index (χ1n) is 8.71. The summed E-state index contributed by atoms with van der Waals surface area (Å²) in [7, 11) is 1.24. The van der Waals surface area contributed by atoms with Gasteiger partial charge in [0, 0.05) is 43.7 Å². The molecule has 0 radical (unpaired) electrons. The molecule has 0 unspecified atom stereocenters. The minimum Gasteiger partial charge on any atom is -0.465 e. The van der Waals surface area contributed by atoms with Crippen molar-refractivity contribution in [3.05, 3.63) is 52.6 Å². The van der Waals surface area contributed by atoms with Gasteiger partial charge in [0.1, 0.15) is 11.3 Å². The van der Waals surface area contributed by atoms with Gasteiger partial charge in [-0.25, -0.2) is 9.89 Å². The fraction of sp³-hybridized carbons (Fsp3) is 0.211. The van der Waals surface area contributed by atoms with Gasteiger partial charge in [-0.2, -0.15) is 5.10 Å². The zero-order valence-corrected chi connectivity index (χ0v) is 15.8. The molecular weight excluding hydrogens is 378 g/mol. The molecule has 2 aliphatic heterocycles. The molecule has 3 N–H and O–H groups in total. The fourth-order valence-corrected chi connectivity index (χ4v) is 2.77. The highest BCUT2D eigenvalue weighted by Crippen LogP contribution is 2.21. The summed E-state index contributed by atoms with van der Waals surface area (Å²) >= 11 is 0. The second-order valence-corrected chi connectivity index (χ2v) is 6.27. The number of carbonyl (C=O) groups is 3. The van der Waals surface area contributed by atoms with Gasteiger partial charge < -0.3 is 19.9 Å². The van der Waals surface area contributed by atoms with E-state index in [-0.39, 0.29) is 41.6 Å². The predicted molar refractivity (Wildman–Crippen MR) is 105 cm³/mol. The molecule has 0 aromatic heterocycles. The number of nitrogens with one attached hydrogen (secondary N) is 3. The first-order chi connectivity index (χ1) is 13.9. The minimum atomic E-state index is -0.625. The van der Waals surface area contributed by atoms with Crippen LogP contribution in [0.25, 0.3) is 11.3 Å². The monoisotopic (exact) mass is 397 g/mol. The summed E-state index contributed by atoms with van der Waals surface area (Å²) in [6.45, 7) is 1.65. The lowest BCUT2D eigenvalue weighted by atomic mass is 10.1. The Morgan fingerprint density at radius 1 is 1.10 bits per heavy atom. The Bertz CT molecular complexity index is 1080. The van der Waals surface area contributed by atoms with E-state index < -0.39 is 11.5 Å². The van der Waals surface area contributed by atoms with Crippen molar-refractivity contribution in [1.82, 2.24) is 14.8 Å². The summed E-state index contributed by atoms with van der Waals surface area (Å²) in [6.07, 6.45) is 3.13. The SMILES string of the molecule is COC(=O)c1cn(CCC(=O)Nc2ccc(NC(C)=O)cc2)cc2c(=O)[nH]nc1-2. The van der Waals surface area contributed by atoms with Crippen LogP contribution in [-0.4, -0.2) is 39.7 Å². The Hall–Kier alpha value is -3.95. The number of ether oxygens (including phenoxy) is 1. The van der Waals surface area contributed by atoms with E-state index in [1.54, 1.807) is 28.8 Å². The molecule has 3 rings (SSSR count). The average Bonchev–Trinajstić information content (AvgIpc) is 3.07. The second kappa shape index (κ2) is 8.38. The van der Waals surface area contributed by atoms with Crippen LogP contribution >= 0.6 is 0 Å². The fourth-order valence-electron chi connectivity index (χ4n) is 2.77. The van der Waals surface area contributed by atoms with E-state index in [1.807, 2.05) is 0 Å². The van der Waals surface area contributed by atoms with Crippen LogP contribution < -0.4 is 16.2 Å². The van der Waals surface area contributed by atoms with Crippen LogP contribution in [0.4, 0.5) is 11.4 Å². The number of aryl methyl sites for hydroxylation is 1. The van der Waals surface area contributed by atoms with E-state index in [4.69, 9.17) is 4.74 Å². The lowest BCUT2D eigenvalue weighted by Crippen LogP contribution is -2.17. The van der Waals surface area contributed by atoms with Crippen LogP contribution in [0.3, 0.4) is 0 Å². The highest BCUT2D eigenvalue weighted by Gasteiger charge is 2.21. The van der Waals surface area contributed by atoms with Gasteiger partial charge in [-0.05, 0) is 24.3 Å². The lowest BCUT2D eigenvalue weighted by molar-refractivity contribution is -0.116. The summed E-state index contributed by atoms with van der Waals surface area (Å²) in [5.74, 6) is -1.06. The maximum absolute atomic E-state index is 12.2. The molecule has 0 saturated carbocycles. The third-order valence-electron chi connectivity index (χ3n) is 4.11. The van der Waals surface area contributed by atoms with Crippen molar-refractivity contribution in [2.45, 2.75) is 19.9 Å². The van der Waals surface area contributed by atoms with Gasteiger partial charge in [0.05, 0.1) is 12.7 Å². The number of nitrogens with zero attached hydrogens (tertiary/aromatic N) is 2. The predicted octanol–water partition coefficient (Wildman–Crippen LogP) is 1.45. The Balaban J connectivity index is 1.68. The van der Waals surface area contributed by atoms with Crippen molar-refractivity contribution in [3.63, 3.8) is 0 Å². The Labute approximate surface area is 165 Å². The van der Waals surface area contributed by atoms with E-state index in [9.17, 15) is 19.2 Å². The number of aromatic nitrogens is 3. The normalized spacial score (nSPS) is 10.6. The van der Waals surface area contributed by atoms with Crippen LogP contribution in [0.5, 0.6) is 0 Å². The van der Waals surface area contributed by atoms with Gasteiger partial charge in [-0.3, -0.25) is 14.4 Å². The number of pyridine rings is 1. The molecule has 0 spiro atoms. The van der Waals surface area contributed by atoms with Crippen LogP contribution in [0.2, 0.25) is 0 Å². The molecule has 0 bridgehead atoms. The van der Waals surface area contributed by atoms with Crippen molar-refractivity contribution in [3.8, 4) is 11.3 Å². The van der Waals surface area contributed by atoms with Crippen LogP contribution in [0, 0.1) is 0 Å². The maximum Gasteiger partial charge on any atom is 0.341 e. The molecule has 0 aliphatic carbocycles. The Morgan fingerprint density at radius 2 is 1.76 bits per heavy atom. The summed E-state index contributed by atoms with van der Waals surface area (Å²) in [4.78, 5) is 47.1. The van der Waals surface area contributed by atoms with Crippen molar-refractivity contribution >= 4 is 29.2 Å². The molecule has 10 nitrogen and oxygen atoms in total. The molecule has 150 valence electrons. The molecule has 2 amide bonds. The van der Waals surface area contributed by atoms with Crippen LogP contribution in [0.1, 0.15) is 23.7 Å². The molecule has 0 saturated heterocycles. The van der Waals surface area contributed by atoms with E-state index in [1.165, 1.54) is 26.4 Å². The van der Waals surface area contributed by atoms with Gasteiger partial charge in [0.2, 0.25) is 11.8 Å². The van der Waals surface area contributed by atoms with E-state index in [0.717, 1.165) is 0 Å². The lowest BCUT2D eigenvalue weighted by Gasteiger charge is -2.12. The number of aromatic amines is 1. The molecule has 29 heavy (non-hydrogen) atoms. The van der Waals surface area contributed by atoms with Gasteiger partial charge in [-0.15, -0.1) is 0 Å². The molecule has 0 atom stereocenters. The molecule has 0 fully saturated rings. The molecule has 1 aromatic rings. The van der Waals surface area contributed by atoms with Crippen LogP contribution in [0.15, 0.2) is 41.5 Å². The standard InChI is InChI=1S/C19H19N5O5/c1-11(25)20-12-3-5-13(6-4-12)21-16(26)7-8-24-9-14-17(22-23-18(14)27)15(10-24)19(28)29-2/h3-6,9-10H,7-8H2,1-2H3,(H,20,25)(H,21,26)(H,23,27). The number of methoxy groups -OCH3 is 1. The number of hydrogen-bond donors (Lipinski definition) is 3. The second-order valence-electron chi connectivity index (χ2n) is 6.27. The summed E-state index contributed by atoms with van der Waals surface area (Å²) < 4.78 is 6.31. The average molecular weight is 397 g/mol. The highest BCUT2D eigenvalue weighted by molar-refractivity contribution is 5.96. The maximum atomic E-state index is 12.2. The molecule has 2 heterocycles. The largest absolute Gasteiger partial charge is 0.465 e. The number of rotatable bonds is 6. The Kier molecular flexibility index (Phi) is 5.72. The first kappa shape index (κ1) is 19.8. The van der Waals surface area contributed by atoms with Crippen molar-refractivity contribution in [1.29, 1.82) is 0 Å². The van der Waals surface area contributed by atoms with Gasteiger partial charge in [0.25, 0.3) is 5.56 Å². The number of esters is 1. The van der Waals surface area contributed by atoms with E-state index >= 15 is 0 Å². The summed E-state index contributed by atoms with van der Waals surface area (Å²) in [5, 5.41) is 11.5. The number of carbonyl (C=O) groups excluding carboxylic acids is 3. The quantitative estimate of drug-likeness (QED) is 0.539. The third kappa shape index (κ3) is 4.67. The van der Waals surface area contributed by atoms with Crippen molar-refractivity contribution in [2.75, 3.05) is 17.7 Å². The van der Waals surface area contributed by atoms with Crippen molar-refractivity contribution in [2.24, 2.45) is 0 Å². The molecule has 1 aromatic carbocycles. The number of hydrogen-bond acceptors (Lipinski definition) is 6. The highest BCUT2D eigenvalue weighted by atomic mass is 16.5. The summed E-state index contributed by atoms with van der Waals surface area (Å²) in [6, 6.07) is 6.70. The van der Waals surface area contributed by atoms with Gasteiger partial charge in [0.15, 0.2) is 0 Å². The molecular formula is C19H19N5O5. The zero-order valence-electron chi connectivity index (χ0n) is 15.8. The number of H-pyrrole nitrogens is 1. The van der Waals surface area contributed by atoms with Gasteiger partial charge >= 0.3 is 5.97 Å². The van der Waals surface area contributed by atoms with Crippen molar-refractivity contribution < 1.29 is 19.1 Å². The smallest absolute Gasteiger partial charge is 0.341 e. The topological polar surface area (TPSA) is 135 Å². The third-order valence-corrected chi connectivity index (χ3v) is 4.11.